The molecule has 1 atom stereocenters. The molecule has 0 spiro atoms. The summed E-state index contributed by atoms with van der Waals surface area (Å²) in [5, 5.41) is 0. The summed E-state index contributed by atoms with van der Waals surface area (Å²) in [4.78, 5) is 38.1. The second kappa shape index (κ2) is 55.9. The predicted octanol–water partition coefficient (Wildman–Crippen LogP) is 18.9. The molecule has 6 heteroatoms. The van der Waals surface area contributed by atoms with Crippen LogP contribution in [0.1, 0.15) is 258 Å². The highest BCUT2D eigenvalue weighted by Gasteiger charge is 2.19. The molecule has 0 fully saturated rings. The second-order valence-electron chi connectivity index (χ2n) is 18.5. The number of carbonyl (C=O) groups excluding carboxylic acids is 3. The Kier molecular flexibility index (Phi) is 52.9. The fourth-order valence-electron chi connectivity index (χ4n) is 7.68. The van der Waals surface area contributed by atoms with Gasteiger partial charge in [-0.2, -0.15) is 0 Å². The van der Waals surface area contributed by atoms with Gasteiger partial charge in [0.25, 0.3) is 0 Å². The molecular weight excluding hydrogens is 841 g/mol. The lowest BCUT2D eigenvalue weighted by Crippen LogP contribution is -2.30. The van der Waals surface area contributed by atoms with E-state index in [9.17, 15) is 14.4 Å². The summed E-state index contributed by atoms with van der Waals surface area (Å²) in [6.45, 7) is 6.36. The monoisotopic (exact) mass is 945 g/mol. The number of rotatable bonds is 50. The molecule has 0 aromatic heterocycles. The normalized spacial score (nSPS) is 12.8. The van der Waals surface area contributed by atoms with Crippen LogP contribution in [0.25, 0.3) is 0 Å². The van der Waals surface area contributed by atoms with Crippen molar-refractivity contribution in [3.8, 4) is 0 Å². The Bertz CT molecular complexity index is 1360. The molecule has 0 N–H and O–H groups in total. The third kappa shape index (κ3) is 53.3. The Labute approximate surface area is 419 Å². The van der Waals surface area contributed by atoms with E-state index in [2.05, 4.69) is 118 Å². The molecular formula is C62H104O6. The quantitative estimate of drug-likeness (QED) is 0.0199. The van der Waals surface area contributed by atoms with E-state index in [1.807, 2.05) is 0 Å². The number of carbonyl (C=O) groups is 3. The molecule has 0 aromatic carbocycles. The zero-order valence-corrected chi connectivity index (χ0v) is 44.3. The molecule has 0 aliphatic carbocycles. The minimum Gasteiger partial charge on any atom is -0.462 e. The predicted molar refractivity (Wildman–Crippen MR) is 293 cm³/mol. The van der Waals surface area contributed by atoms with E-state index in [-0.39, 0.29) is 31.1 Å². The highest BCUT2D eigenvalue weighted by Crippen LogP contribution is 2.15. The number of unbranched alkanes of at least 4 members (excludes halogenated alkanes) is 26. The molecule has 0 radical (unpaired) electrons. The molecule has 388 valence electrons. The average molecular weight is 946 g/mol. The lowest BCUT2D eigenvalue weighted by Gasteiger charge is -2.18. The van der Waals surface area contributed by atoms with Gasteiger partial charge in [0.2, 0.25) is 0 Å². The summed E-state index contributed by atoms with van der Waals surface area (Å²) in [5.74, 6) is -0.933. The Balaban J connectivity index is 4.42. The minimum absolute atomic E-state index is 0.0941. The van der Waals surface area contributed by atoms with Crippen LogP contribution >= 0.6 is 0 Å². The van der Waals surface area contributed by atoms with Gasteiger partial charge in [-0.15, -0.1) is 0 Å². The van der Waals surface area contributed by atoms with Crippen molar-refractivity contribution in [3.05, 3.63) is 97.2 Å². The van der Waals surface area contributed by atoms with Crippen LogP contribution in [0.2, 0.25) is 0 Å². The maximum absolute atomic E-state index is 12.8. The highest BCUT2D eigenvalue weighted by molar-refractivity contribution is 5.71. The van der Waals surface area contributed by atoms with Crippen molar-refractivity contribution >= 4 is 17.9 Å². The molecule has 6 nitrogen and oxygen atoms in total. The van der Waals surface area contributed by atoms with Gasteiger partial charge in [0.05, 0.1) is 0 Å². The van der Waals surface area contributed by atoms with Gasteiger partial charge in [-0.1, -0.05) is 240 Å². The lowest BCUT2D eigenvalue weighted by atomic mass is 10.1. The molecule has 0 amide bonds. The number of ether oxygens (including phenoxy) is 3. The fraction of sp³-hybridized carbons (Fsp3) is 0.694. The van der Waals surface area contributed by atoms with Crippen molar-refractivity contribution in [2.24, 2.45) is 0 Å². The van der Waals surface area contributed by atoms with Crippen LogP contribution in [0.3, 0.4) is 0 Å². The van der Waals surface area contributed by atoms with Gasteiger partial charge in [-0.25, -0.2) is 0 Å². The van der Waals surface area contributed by atoms with Gasteiger partial charge in [0.15, 0.2) is 6.10 Å². The van der Waals surface area contributed by atoms with Crippen molar-refractivity contribution < 1.29 is 28.6 Å². The summed E-state index contributed by atoms with van der Waals surface area (Å²) in [5.41, 5.74) is 0. The largest absolute Gasteiger partial charge is 0.462 e. The molecule has 0 bridgehead atoms. The van der Waals surface area contributed by atoms with Crippen LogP contribution in [0.4, 0.5) is 0 Å². The lowest BCUT2D eigenvalue weighted by molar-refractivity contribution is -0.167. The molecule has 0 saturated heterocycles. The van der Waals surface area contributed by atoms with E-state index in [4.69, 9.17) is 14.2 Å². The van der Waals surface area contributed by atoms with Crippen molar-refractivity contribution in [1.82, 2.24) is 0 Å². The van der Waals surface area contributed by atoms with Gasteiger partial charge in [0.1, 0.15) is 13.2 Å². The van der Waals surface area contributed by atoms with Crippen LogP contribution < -0.4 is 0 Å². The minimum atomic E-state index is -0.798. The van der Waals surface area contributed by atoms with Gasteiger partial charge in [-0.3, -0.25) is 14.4 Å². The van der Waals surface area contributed by atoms with Crippen molar-refractivity contribution in [2.45, 2.75) is 264 Å². The van der Waals surface area contributed by atoms with E-state index >= 15 is 0 Å². The Morgan fingerprint density at radius 2 is 0.647 bits per heavy atom. The summed E-state index contributed by atoms with van der Waals surface area (Å²) in [6.07, 6.45) is 73.9. The molecule has 0 rings (SSSR count). The van der Waals surface area contributed by atoms with E-state index in [0.29, 0.717) is 19.3 Å². The van der Waals surface area contributed by atoms with Crippen LogP contribution in [-0.2, 0) is 28.6 Å². The summed E-state index contributed by atoms with van der Waals surface area (Å²) >= 11 is 0. The highest BCUT2D eigenvalue weighted by atomic mass is 16.6. The fourth-order valence-corrected chi connectivity index (χ4v) is 7.68. The van der Waals surface area contributed by atoms with Crippen LogP contribution in [0.5, 0.6) is 0 Å². The summed E-state index contributed by atoms with van der Waals surface area (Å²) < 4.78 is 16.8. The van der Waals surface area contributed by atoms with Crippen LogP contribution in [-0.4, -0.2) is 37.2 Å². The smallest absolute Gasteiger partial charge is 0.306 e. The van der Waals surface area contributed by atoms with E-state index in [1.54, 1.807) is 0 Å². The first kappa shape index (κ1) is 64.3. The van der Waals surface area contributed by atoms with E-state index in [1.165, 1.54) is 96.3 Å². The number of allylic oxidation sites excluding steroid dienone is 16. The molecule has 0 aliphatic rings. The van der Waals surface area contributed by atoms with Crippen molar-refractivity contribution in [3.63, 3.8) is 0 Å². The third-order valence-corrected chi connectivity index (χ3v) is 11.9. The Morgan fingerprint density at radius 1 is 0.324 bits per heavy atom. The first-order chi connectivity index (χ1) is 33.5. The zero-order valence-electron chi connectivity index (χ0n) is 44.3. The number of esters is 3. The average Bonchev–Trinajstić information content (AvgIpc) is 3.34. The molecule has 0 aromatic rings. The number of hydrogen-bond acceptors (Lipinski definition) is 6. The van der Waals surface area contributed by atoms with Gasteiger partial charge < -0.3 is 14.2 Å². The maximum atomic E-state index is 12.8. The van der Waals surface area contributed by atoms with Crippen molar-refractivity contribution in [1.29, 1.82) is 0 Å². The topological polar surface area (TPSA) is 78.9 Å². The standard InChI is InChI=1S/C62H104O6/c1-4-7-10-13-16-19-22-25-27-29-31-33-34-37-40-43-46-49-52-55-61(64)67-58-59(57-66-60(63)54-51-48-45-42-39-36-24-21-18-15-12-9-6-3)68-62(65)56-53-50-47-44-41-38-35-32-30-28-26-23-20-17-14-11-8-5-2/h7,9-10,12,15-16,18-19,21,24-25,27-28,30,32,35,59H,4-6,8,11,13-14,17,20,22-23,26,29,31,33-34,36-58H2,1-3H3/b10-7+,12-9+,18-15+,19-16+,24-21+,27-25+,30-28+,35-32+. The van der Waals surface area contributed by atoms with E-state index < -0.39 is 6.10 Å². The molecule has 68 heavy (non-hydrogen) atoms. The Hall–Kier alpha value is -3.67. The van der Waals surface area contributed by atoms with Gasteiger partial charge in [0, 0.05) is 19.3 Å². The van der Waals surface area contributed by atoms with Crippen molar-refractivity contribution in [2.75, 3.05) is 13.2 Å². The van der Waals surface area contributed by atoms with Crippen LogP contribution in [0, 0.1) is 0 Å². The van der Waals surface area contributed by atoms with Crippen LogP contribution in [0.15, 0.2) is 97.2 Å². The second-order valence-corrected chi connectivity index (χ2v) is 18.5. The Morgan fingerprint density at radius 3 is 1.07 bits per heavy atom. The first-order valence-corrected chi connectivity index (χ1v) is 28.3. The molecule has 0 aliphatic heterocycles. The maximum Gasteiger partial charge on any atom is 0.306 e. The first-order valence-electron chi connectivity index (χ1n) is 28.3. The third-order valence-electron chi connectivity index (χ3n) is 11.9. The van der Waals surface area contributed by atoms with Gasteiger partial charge >= 0.3 is 17.9 Å². The van der Waals surface area contributed by atoms with Gasteiger partial charge in [-0.05, 0) is 96.3 Å². The van der Waals surface area contributed by atoms with E-state index in [0.717, 1.165) is 122 Å². The molecule has 1 unspecified atom stereocenters. The molecule has 0 saturated carbocycles. The number of hydrogen-bond donors (Lipinski definition) is 0. The molecule has 0 heterocycles. The summed E-state index contributed by atoms with van der Waals surface area (Å²) in [7, 11) is 0. The SMILES string of the molecule is CC/C=C/C=C/C=C/CCCCCCCC(=O)OCC(COC(=O)CCCCCCCCCCC/C=C/C/C=C/C/C=C/CC)OC(=O)CCCCCCC/C=C/C=C/CCCCCCCCC. The zero-order chi connectivity index (χ0) is 49.3. The summed E-state index contributed by atoms with van der Waals surface area (Å²) in [6, 6.07) is 0.